The highest BCUT2D eigenvalue weighted by atomic mass is 32.1. The van der Waals surface area contributed by atoms with E-state index in [9.17, 15) is 4.39 Å². The lowest BCUT2D eigenvalue weighted by atomic mass is 10.4. The summed E-state index contributed by atoms with van der Waals surface area (Å²) in [5.41, 5.74) is 0. The zero-order chi connectivity index (χ0) is 11.3. The van der Waals surface area contributed by atoms with E-state index in [1.54, 1.807) is 12.1 Å². The molecule has 0 unspecified atom stereocenters. The minimum absolute atomic E-state index is 0.00339. The summed E-state index contributed by atoms with van der Waals surface area (Å²) in [6.07, 6.45) is 2.77. The summed E-state index contributed by atoms with van der Waals surface area (Å²) in [7, 11) is 0. The van der Waals surface area contributed by atoms with Crippen LogP contribution in [0, 0.1) is 11.3 Å². The molecular weight excluding hydrogens is 213 g/mol. The van der Waals surface area contributed by atoms with Crippen LogP contribution in [-0.4, -0.2) is 0 Å². The van der Waals surface area contributed by atoms with Crippen LogP contribution in [-0.2, 0) is 0 Å². The second kappa shape index (κ2) is 5.13. The zero-order valence-electron chi connectivity index (χ0n) is 7.87. The molecule has 1 heterocycles. The van der Waals surface area contributed by atoms with Crippen LogP contribution in [0.1, 0.15) is 4.88 Å². The van der Waals surface area contributed by atoms with Crippen LogP contribution >= 0.6 is 11.3 Å². The summed E-state index contributed by atoms with van der Waals surface area (Å²) in [5, 5.41) is 9.02. The van der Waals surface area contributed by atoms with Gasteiger partial charge in [-0.25, -0.2) is 4.39 Å². The molecule has 0 bridgehead atoms. The van der Waals surface area contributed by atoms with Crippen molar-refractivity contribution in [1.29, 1.82) is 5.26 Å². The fourth-order valence-electron chi connectivity index (χ4n) is 0.830. The Morgan fingerprint density at radius 3 is 2.80 bits per heavy atom. The van der Waals surface area contributed by atoms with E-state index in [-0.39, 0.29) is 5.76 Å². The van der Waals surface area contributed by atoms with Crippen LogP contribution in [0.3, 0.4) is 0 Å². The molecule has 1 rings (SSSR count). The average Bonchev–Trinajstić information content (AvgIpc) is 2.65. The van der Waals surface area contributed by atoms with Crippen LogP contribution in [0.4, 0.5) is 4.39 Å². The predicted molar refractivity (Wildman–Crippen MR) is 58.2 cm³/mol. The molecule has 2 nitrogen and oxygen atoms in total. The molecule has 0 aliphatic carbocycles. The predicted octanol–water partition coefficient (Wildman–Crippen LogP) is 3.55. The van der Waals surface area contributed by atoms with Gasteiger partial charge in [0.05, 0.1) is 0 Å². The lowest BCUT2D eigenvalue weighted by Gasteiger charge is -2.03. The number of thiophene rings is 1. The molecule has 0 aromatic carbocycles. The van der Waals surface area contributed by atoms with Crippen molar-refractivity contribution in [3.63, 3.8) is 0 Å². The summed E-state index contributed by atoms with van der Waals surface area (Å²) >= 11 is 1.14. The van der Waals surface area contributed by atoms with Crippen LogP contribution in [0.5, 0.6) is 5.06 Å². The topological polar surface area (TPSA) is 33.0 Å². The molecule has 0 saturated heterocycles. The minimum Gasteiger partial charge on any atom is -0.444 e. The maximum Gasteiger partial charge on any atom is 0.182 e. The molecule has 0 fully saturated rings. The van der Waals surface area contributed by atoms with Crippen molar-refractivity contribution in [3.8, 4) is 11.1 Å². The Labute approximate surface area is 91.2 Å². The monoisotopic (exact) mass is 221 g/mol. The van der Waals surface area contributed by atoms with E-state index >= 15 is 0 Å². The Bertz CT molecular complexity index is 453. The third-order valence-corrected chi connectivity index (χ3v) is 2.31. The molecule has 0 aliphatic rings. The first-order chi connectivity index (χ1) is 7.17. The molecular formula is C11H8FNOS. The van der Waals surface area contributed by atoms with Crippen LogP contribution in [0.15, 0.2) is 49.0 Å². The molecule has 0 radical (unpaired) electrons. The number of nitrogens with zero attached hydrogens (tertiary/aromatic N) is 1. The molecule has 0 atom stereocenters. The molecule has 0 spiro atoms. The van der Waals surface area contributed by atoms with Gasteiger partial charge in [0.2, 0.25) is 0 Å². The van der Waals surface area contributed by atoms with Gasteiger partial charge >= 0.3 is 0 Å². The van der Waals surface area contributed by atoms with E-state index < -0.39 is 5.83 Å². The summed E-state index contributed by atoms with van der Waals surface area (Å²) in [6.45, 7) is 6.56. The van der Waals surface area contributed by atoms with E-state index in [0.29, 0.717) is 9.94 Å². The summed E-state index contributed by atoms with van der Waals surface area (Å²) in [4.78, 5) is 0.507. The van der Waals surface area contributed by atoms with E-state index in [1.165, 1.54) is 12.2 Å². The maximum absolute atomic E-state index is 12.8. The number of hydrogen-bond acceptors (Lipinski definition) is 3. The Morgan fingerprint density at radius 1 is 1.60 bits per heavy atom. The smallest absolute Gasteiger partial charge is 0.182 e. The molecule has 1 aromatic rings. The van der Waals surface area contributed by atoms with E-state index in [4.69, 9.17) is 10.00 Å². The van der Waals surface area contributed by atoms with Crippen molar-refractivity contribution >= 4 is 11.3 Å². The first kappa shape index (κ1) is 11.2. The van der Waals surface area contributed by atoms with Gasteiger partial charge in [0.15, 0.2) is 16.6 Å². The largest absolute Gasteiger partial charge is 0.444 e. The first-order valence-corrected chi connectivity index (χ1v) is 4.84. The highest BCUT2D eigenvalue weighted by molar-refractivity contribution is 7.14. The van der Waals surface area contributed by atoms with Gasteiger partial charge in [-0.05, 0) is 18.2 Å². The highest BCUT2D eigenvalue weighted by Crippen LogP contribution is 2.27. The second-order valence-corrected chi connectivity index (χ2v) is 3.55. The van der Waals surface area contributed by atoms with E-state index in [1.807, 2.05) is 6.07 Å². The number of ether oxygens (including phenoxy) is 1. The Balaban J connectivity index is 2.84. The van der Waals surface area contributed by atoms with Gasteiger partial charge in [-0.2, -0.15) is 5.26 Å². The minimum atomic E-state index is -0.679. The molecule has 0 saturated carbocycles. The Kier molecular flexibility index (Phi) is 3.83. The fraction of sp³-hybridized carbons (Fsp3) is 0. The molecule has 76 valence electrons. The summed E-state index contributed by atoms with van der Waals surface area (Å²) in [6, 6.07) is 5.17. The lowest BCUT2D eigenvalue weighted by Crippen LogP contribution is -1.92. The van der Waals surface area contributed by atoms with Gasteiger partial charge in [0.1, 0.15) is 10.9 Å². The molecule has 4 heteroatoms. The van der Waals surface area contributed by atoms with Crippen LogP contribution < -0.4 is 4.74 Å². The summed E-state index contributed by atoms with van der Waals surface area (Å²) < 4.78 is 18.0. The molecule has 0 aliphatic heterocycles. The SMILES string of the molecule is C=C/C=C(/Oc1ccc(C#N)s1)C(=C)F. The van der Waals surface area contributed by atoms with Crippen molar-refractivity contribution in [1.82, 2.24) is 0 Å². The molecule has 1 aromatic heterocycles. The van der Waals surface area contributed by atoms with Crippen molar-refractivity contribution in [2.45, 2.75) is 0 Å². The molecule has 15 heavy (non-hydrogen) atoms. The highest BCUT2D eigenvalue weighted by Gasteiger charge is 2.06. The van der Waals surface area contributed by atoms with Gasteiger partial charge < -0.3 is 4.74 Å². The normalized spacial score (nSPS) is 10.5. The van der Waals surface area contributed by atoms with Crippen molar-refractivity contribution in [2.75, 3.05) is 0 Å². The lowest BCUT2D eigenvalue weighted by molar-refractivity contribution is 0.414. The van der Waals surface area contributed by atoms with Crippen molar-refractivity contribution in [2.24, 2.45) is 0 Å². The van der Waals surface area contributed by atoms with Gasteiger partial charge in [0, 0.05) is 0 Å². The van der Waals surface area contributed by atoms with Crippen molar-refractivity contribution in [3.05, 3.63) is 53.9 Å². The second-order valence-electron chi connectivity index (χ2n) is 2.50. The quantitative estimate of drug-likeness (QED) is 0.575. The Morgan fingerprint density at radius 2 is 2.33 bits per heavy atom. The van der Waals surface area contributed by atoms with Gasteiger partial charge in [-0.3, -0.25) is 0 Å². The number of hydrogen-bond donors (Lipinski definition) is 0. The third-order valence-electron chi connectivity index (χ3n) is 1.44. The first-order valence-electron chi connectivity index (χ1n) is 4.02. The maximum atomic E-state index is 12.8. The van der Waals surface area contributed by atoms with Crippen LogP contribution in [0.2, 0.25) is 0 Å². The molecule has 0 N–H and O–H groups in total. The van der Waals surface area contributed by atoms with Gasteiger partial charge in [0.25, 0.3) is 0 Å². The zero-order valence-corrected chi connectivity index (χ0v) is 8.68. The number of halogens is 1. The van der Waals surface area contributed by atoms with Crippen LogP contribution in [0.25, 0.3) is 0 Å². The third kappa shape index (κ3) is 3.08. The molecule has 0 amide bonds. The van der Waals surface area contributed by atoms with E-state index in [2.05, 4.69) is 13.2 Å². The summed E-state index contributed by atoms with van der Waals surface area (Å²) in [5.74, 6) is -0.682. The van der Waals surface area contributed by atoms with E-state index in [0.717, 1.165) is 11.3 Å². The number of nitriles is 1. The average molecular weight is 221 g/mol. The van der Waals surface area contributed by atoms with Gasteiger partial charge in [-0.1, -0.05) is 30.6 Å². The standard InChI is InChI=1S/C11H8FNOS/c1-3-4-10(8(2)12)14-11-6-5-9(7-13)15-11/h3-6H,1-2H2/b10-4+. The van der Waals surface area contributed by atoms with Crippen molar-refractivity contribution < 1.29 is 9.13 Å². The number of allylic oxidation sites excluding steroid dienone is 3. The fourth-order valence-corrected chi connectivity index (χ4v) is 1.50. The number of rotatable bonds is 4. The van der Waals surface area contributed by atoms with Gasteiger partial charge in [-0.15, -0.1) is 0 Å². The Hall–Kier alpha value is -1.86.